The lowest BCUT2D eigenvalue weighted by molar-refractivity contribution is -0.201. The van der Waals surface area contributed by atoms with E-state index >= 15 is 4.39 Å². The molecule has 234 valence electrons. The minimum atomic E-state index is -3.99. The molecular formula is C30H37F2N3O7S. The number of pyridine rings is 1. The normalized spacial score (nSPS) is 17.1. The number of benzene rings is 2. The van der Waals surface area contributed by atoms with Crippen LogP contribution in [-0.4, -0.2) is 63.1 Å². The van der Waals surface area contributed by atoms with Crippen LogP contribution in [0.25, 0.3) is 21.9 Å². The molecule has 0 spiro atoms. The van der Waals surface area contributed by atoms with Crippen molar-refractivity contribution in [2.24, 2.45) is 0 Å². The molecule has 3 aromatic rings. The maximum atomic E-state index is 15.3. The zero-order valence-corrected chi connectivity index (χ0v) is 25.3. The number of nitrogens with one attached hydrogen (secondary N) is 2. The number of nitrogens with zero attached hydrogens (tertiary/aromatic N) is 1. The van der Waals surface area contributed by atoms with Gasteiger partial charge in [-0.1, -0.05) is 18.2 Å². The predicted octanol–water partition coefficient (Wildman–Crippen LogP) is 3.45. The summed E-state index contributed by atoms with van der Waals surface area (Å²) < 4.78 is 65.1. The Labute approximate surface area is 249 Å². The first kappa shape index (κ1) is 32.7. The van der Waals surface area contributed by atoms with Gasteiger partial charge in [-0.15, -0.1) is 0 Å². The number of hydrogen-bond donors (Lipinski definition) is 2. The molecule has 1 aliphatic rings. The Balaban J connectivity index is 1.53. The van der Waals surface area contributed by atoms with Crippen LogP contribution in [0.5, 0.6) is 0 Å². The van der Waals surface area contributed by atoms with E-state index in [1.54, 1.807) is 19.2 Å². The van der Waals surface area contributed by atoms with E-state index in [9.17, 15) is 22.4 Å². The van der Waals surface area contributed by atoms with E-state index in [1.807, 2.05) is 0 Å². The number of aromatic nitrogens is 1. The number of ether oxygens (including phenoxy) is 2. The molecule has 10 nitrogen and oxygen atoms in total. The van der Waals surface area contributed by atoms with Crippen molar-refractivity contribution in [1.29, 1.82) is 0 Å². The lowest BCUT2D eigenvalue weighted by atomic mass is 10.00. The van der Waals surface area contributed by atoms with E-state index in [4.69, 9.17) is 14.3 Å². The molecule has 2 N–H and O–H groups in total. The van der Waals surface area contributed by atoms with E-state index in [1.165, 1.54) is 31.2 Å². The molecule has 1 fully saturated rings. The number of sulfone groups is 1. The third-order valence-electron chi connectivity index (χ3n) is 7.74. The number of carbonyl (C=O) groups excluding carboxylic acids is 1. The van der Waals surface area contributed by atoms with Crippen LogP contribution in [-0.2, 0) is 42.0 Å². The molecule has 13 heteroatoms. The summed E-state index contributed by atoms with van der Waals surface area (Å²) in [5.74, 6) is -2.16. The number of carbonyl (C=O) groups is 1. The third kappa shape index (κ3) is 7.65. The molecule has 0 aliphatic carbocycles. The van der Waals surface area contributed by atoms with E-state index in [-0.39, 0.29) is 29.3 Å². The van der Waals surface area contributed by atoms with E-state index in [0.29, 0.717) is 38.3 Å². The van der Waals surface area contributed by atoms with E-state index in [0.717, 1.165) is 35.4 Å². The van der Waals surface area contributed by atoms with E-state index < -0.39 is 44.0 Å². The quantitative estimate of drug-likeness (QED) is 0.220. The number of methoxy groups -OCH3 is 1. The second-order valence-electron chi connectivity index (χ2n) is 10.8. The number of halogens is 2. The van der Waals surface area contributed by atoms with Gasteiger partial charge in [-0.05, 0) is 55.5 Å². The average molecular weight is 622 g/mol. The summed E-state index contributed by atoms with van der Waals surface area (Å²) in [5.41, 5.74) is 2.99. The van der Waals surface area contributed by atoms with Gasteiger partial charge in [0, 0.05) is 63.2 Å². The summed E-state index contributed by atoms with van der Waals surface area (Å²) in [7, 11) is -2.39. The van der Waals surface area contributed by atoms with Gasteiger partial charge in [-0.3, -0.25) is 9.59 Å². The molecule has 4 rings (SSSR count). The molecule has 2 heterocycles. The maximum absolute atomic E-state index is 15.3. The highest BCUT2D eigenvalue weighted by molar-refractivity contribution is 7.92. The largest absolute Gasteiger partial charge is 0.383 e. The summed E-state index contributed by atoms with van der Waals surface area (Å²) in [6.45, 7) is 3.03. The Kier molecular flexibility index (Phi) is 10.7. The van der Waals surface area contributed by atoms with Gasteiger partial charge in [-0.25, -0.2) is 27.5 Å². The van der Waals surface area contributed by atoms with Gasteiger partial charge in [0.25, 0.3) is 11.5 Å². The number of rotatable bonds is 13. The Morgan fingerprint density at radius 1 is 1.14 bits per heavy atom. The monoisotopic (exact) mass is 621 g/mol. The van der Waals surface area contributed by atoms with Crippen LogP contribution in [0.15, 0.2) is 47.4 Å². The van der Waals surface area contributed by atoms with Crippen LogP contribution in [0.3, 0.4) is 0 Å². The van der Waals surface area contributed by atoms with Gasteiger partial charge in [0.1, 0.15) is 11.6 Å². The number of amides is 1. The van der Waals surface area contributed by atoms with Crippen LogP contribution in [0, 0.1) is 11.6 Å². The van der Waals surface area contributed by atoms with Crippen LogP contribution in [0.1, 0.15) is 38.2 Å². The molecule has 2 atom stereocenters. The molecule has 2 aromatic carbocycles. The topological polar surface area (TPSA) is 125 Å². The van der Waals surface area contributed by atoms with Gasteiger partial charge in [-0.2, -0.15) is 0 Å². The van der Waals surface area contributed by atoms with Crippen LogP contribution >= 0.6 is 0 Å². The van der Waals surface area contributed by atoms with Crippen molar-refractivity contribution >= 4 is 26.5 Å². The zero-order chi connectivity index (χ0) is 31.2. The number of hydroxylamine groups is 1. The van der Waals surface area contributed by atoms with Crippen LogP contribution in [0.2, 0.25) is 0 Å². The molecule has 43 heavy (non-hydrogen) atoms. The van der Waals surface area contributed by atoms with Gasteiger partial charge < -0.3 is 19.4 Å². The summed E-state index contributed by atoms with van der Waals surface area (Å²) in [5, 5.41) is 3.17. The number of aryl methyl sites for hydroxylation is 1. The molecular weight excluding hydrogens is 584 g/mol. The first-order valence-electron chi connectivity index (χ1n) is 14.0. The lowest BCUT2D eigenvalue weighted by Crippen LogP contribution is -2.51. The summed E-state index contributed by atoms with van der Waals surface area (Å²) in [6, 6.07) is 9.11. The van der Waals surface area contributed by atoms with Crippen molar-refractivity contribution < 1.29 is 36.3 Å². The molecule has 0 radical (unpaired) electrons. The van der Waals surface area contributed by atoms with E-state index in [2.05, 4.69) is 10.8 Å². The fourth-order valence-corrected chi connectivity index (χ4v) is 5.66. The summed E-state index contributed by atoms with van der Waals surface area (Å²) >= 11 is 0. The molecule has 1 saturated heterocycles. The van der Waals surface area contributed by atoms with Crippen molar-refractivity contribution in [2.75, 3.05) is 33.1 Å². The van der Waals surface area contributed by atoms with Crippen molar-refractivity contribution in [2.45, 2.75) is 56.7 Å². The van der Waals surface area contributed by atoms with Gasteiger partial charge in [0.15, 0.2) is 20.9 Å². The second kappa shape index (κ2) is 14.0. The fraction of sp³-hybridized carbons (Fsp3) is 0.467. The van der Waals surface area contributed by atoms with Gasteiger partial charge in [0.2, 0.25) is 0 Å². The number of hydrogen-bond acceptors (Lipinski definition) is 8. The first-order chi connectivity index (χ1) is 20.4. The zero-order valence-electron chi connectivity index (χ0n) is 24.5. The fourth-order valence-electron chi connectivity index (χ4n) is 4.82. The SMILES string of the molecule is COCCNCc1ccc(-c2ccc3c(=O)n(CC[C@](C)(C(=O)NOC4CCCCO4)S(C)(=O)=O)cc(F)c3c2)c(F)c1. The Hall–Kier alpha value is -3.23. The molecule has 0 bridgehead atoms. The van der Waals surface area contributed by atoms with Crippen LogP contribution < -0.4 is 16.4 Å². The molecule has 1 unspecified atom stereocenters. The highest BCUT2D eigenvalue weighted by Gasteiger charge is 2.44. The van der Waals surface area contributed by atoms with Crippen molar-refractivity contribution in [3.05, 3.63) is 70.1 Å². The maximum Gasteiger partial charge on any atom is 0.264 e. The Morgan fingerprint density at radius 3 is 2.60 bits per heavy atom. The summed E-state index contributed by atoms with van der Waals surface area (Å²) in [6.07, 6.45) is 3.13. The molecule has 1 aromatic heterocycles. The minimum Gasteiger partial charge on any atom is -0.383 e. The van der Waals surface area contributed by atoms with Crippen molar-refractivity contribution in [1.82, 2.24) is 15.4 Å². The standard InChI is InChI=1S/C30H37F2N3O7S/c1-30(43(3,38)39,29(37)34-42-27-6-4-5-14-41-27)11-13-35-19-26(32)24-17-21(8-10-23(24)28(35)36)22-9-7-20(16-25(22)31)18-33-12-15-40-2/h7-10,16-17,19,27,33H,4-6,11-15,18H2,1-3H3,(H,34,37)/t27?,30-/m1/s1. The third-order valence-corrected chi connectivity index (χ3v) is 9.77. The van der Waals surface area contributed by atoms with Crippen molar-refractivity contribution in [3.8, 4) is 11.1 Å². The second-order valence-corrected chi connectivity index (χ2v) is 13.3. The van der Waals surface area contributed by atoms with Gasteiger partial charge >= 0.3 is 0 Å². The van der Waals surface area contributed by atoms with Crippen molar-refractivity contribution in [3.63, 3.8) is 0 Å². The Bertz CT molecular complexity index is 1620. The molecule has 1 aliphatic heterocycles. The molecule has 0 saturated carbocycles. The smallest absolute Gasteiger partial charge is 0.264 e. The minimum absolute atomic E-state index is 0.00652. The van der Waals surface area contributed by atoms with Gasteiger partial charge in [0.05, 0.1) is 12.0 Å². The lowest BCUT2D eigenvalue weighted by Gasteiger charge is -2.28. The number of fused-ring (bicyclic) bond motifs is 1. The predicted molar refractivity (Wildman–Crippen MR) is 158 cm³/mol. The first-order valence-corrected chi connectivity index (χ1v) is 15.9. The Morgan fingerprint density at radius 2 is 1.93 bits per heavy atom. The molecule has 1 amide bonds. The van der Waals surface area contributed by atoms with Crippen LogP contribution in [0.4, 0.5) is 8.78 Å². The highest BCUT2D eigenvalue weighted by Crippen LogP contribution is 2.28. The average Bonchev–Trinajstić information content (AvgIpc) is 2.98. The highest BCUT2D eigenvalue weighted by atomic mass is 32.2. The summed E-state index contributed by atoms with van der Waals surface area (Å²) in [4.78, 5) is 31.5.